The molecule has 0 saturated heterocycles. The highest BCUT2D eigenvalue weighted by Crippen LogP contribution is 2.11. The molecule has 1 heterocycles. The van der Waals surface area contributed by atoms with Crippen LogP contribution in [0.3, 0.4) is 0 Å². The molecule has 3 rings (SSSR count). The van der Waals surface area contributed by atoms with E-state index in [1.807, 2.05) is 0 Å². The molecule has 4 N–H and O–H groups in total. The summed E-state index contributed by atoms with van der Waals surface area (Å²) < 4.78 is 34.1. The summed E-state index contributed by atoms with van der Waals surface area (Å²) in [5.41, 5.74) is 1.65. The number of methoxy groups -OCH3 is 1. The van der Waals surface area contributed by atoms with Crippen molar-refractivity contribution < 1.29 is 22.4 Å². The van der Waals surface area contributed by atoms with Crippen molar-refractivity contribution >= 4 is 10.0 Å². The Kier molecular flexibility index (Phi) is 5.93. The van der Waals surface area contributed by atoms with Crippen molar-refractivity contribution in [1.82, 2.24) is 10.6 Å². The van der Waals surface area contributed by atoms with Crippen LogP contribution >= 0.6 is 0 Å². The highest BCUT2D eigenvalue weighted by Gasteiger charge is 2.22. The van der Waals surface area contributed by atoms with Gasteiger partial charge in [-0.2, -0.15) is 0 Å². The molecule has 0 unspecified atom stereocenters. The first-order valence-electron chi connectivity index (χ1n) is 8.48. The van der Waals surface area contributed by atoms with E-state index < -0.39 is 15.6 Å². The zero-order valence-electron chi connectivity index (χ0n) is 15.2. The maximum Gasteiger partial charge on any atom is 0.431 e. The second-order valence-electron chi connectivity index (χ2n) is 6.08. The van der Waals surface area contributed by atoms with Gasteiger partial charge in [-0.25, -0.2) is 18.4 Å². The molecule has 148 valence electrons. The van der Waals surface area contributed by atoms with E-state index in [0.29, 0.717) is 31.0 Å². The van der Waals surface area contributed by atoms with Crippen LogP contribution in [-0.2, 0) is 23.0 Å². The summed E-state index contributed by atoms with van der Waals surface area (Å²) in [6.45, 7) is 0.884. The maximum absolute atomic E-state index is 12.0. The maximum atomic E-state index is 12.0. The lowest BCUT2D eigenvalue weighted by atomic mass is 10.1. The highest BCUT2D eigenvalue weighted by atomic mass is 32.2. The van der Waals surface area contributed by atoms with E-state index in [-0.39, 0.29) is 4.90 Å². The number of rotatable bonds is 8. The van der Waals surface area contributed by atoms with Crippen LogP contribution in [0.1, 0.15) is 11.3 Å². The van der Waals surface area contributed by atoms with Crippen LogP contribution in [0.2, 0.25) is 0 Å². The number of H-pyrrole nitrogens is 1. The molecule has 0 fully saturated rings. The largest absolute Gasteiger partial charge is 0.497 e. The molecular formula is C18H21N4O5S+. The van der Waals surface area contributed by atoms with E-state index >= 15 is 0 Å². The van der Waals surface area contributed by atoms with Gasteiger partial charge in [0.25, 0.3) is 0 Å². The molecule has 1 aromatic heterocycles. The highest BCUT2D eigenvalue weighted by molar-refractivity contribution is 7.89. The smallest absolute Gasteiger partial charge is 0.431 e. The van der Waals surface area contributed by atoms with Crippen LogP contribution in [0.15, 0.2) is 62.7 Å². The monoisotopic (exact) mass is 405 g/mol. The topological polar surface area (TPSA) is 131 Å². The number of aromatic nitrogens is 2. The van der Waals surface area contributed by atoms with Gasteiger partial charge in [-0.1, -0.05) is 12.1 Å². The second kappa shape index (κ2) is 8.38. The van der Waals surface area contributed by atoms with Gasteiger partial charge in [0.1, 0.15) is 5.75 Å². The van der Waals surface area contributed by atoms with Crippen molar-refractivity contribution in [3.05, 3.63) is 70.2 Å². The van der Waals surface area contributed by atoms with Gasteiger partial charge in [0.2, 0.25) is 15.7 Å². The van der Waals surface area contributed by atoms with Crippen molar-refractivity contribution in [2.75, 3.05) is 13.7 Å². The predicted molar refractivity (Wildman–Crippen MR) is 101 cm³/mol. The number of nitrogens with zero attached hydrogens (tertiary/aromatic N) is 1. The molecule has 0 spiro atoms. The molecule has 0 radical (unpaired) electrons. The minimum Gasteiger partial charge on any atom is -0.497 e. The van der Waals surface area contributed by atoms with Crippen LogP contribution in [-0.4, -0.2) is 27.3 Å². The number of sulfonamides is 1. The summed E-state index contributed by atoms with van der Waals surface area (Å²) in [5.74, 6) is 0.711. The van der Waals surface area contributed by atoms with Gasteiger partial charge < -0.3 is 10.1 Å². The summed E-state index contributed by atoms with van der Waals surface area (Å²) in [4.78, 5) is 12.1. The number of ether oxygens (including phenoxy) is 1. The normalized spacial score (nSPS) is 11.5. The Bertz CT molecular complexity index is 1090. The molecular weight excluding hydrogens is 384 g/mol. The van der Waals surface area contributed by atoms with Crippen molar-refractivity contribution in [2.24, 2.45) is 5.14 Å². The quantitative estimate of drug-likeness (QED) is 0.363. The summed E-state index contributed by atoms with van der Waals surface area (Å²) in [6.07, 6.45) is 0.656. The third-order valence-electron chi connectivity index (χ3n) is 4.20. The predicted octanol–water partition coefficient (Wildman–Crippen LogP) is 0.233. The van der Waals surface area contributed by atoms with Gasteiger partial charge in [0, 0.05) is 12.1 Å². The van der Waals surface area contributed by atoms with Gasteiger partial charge in [0.15, 0.2) is 0 Å². The van der Waals surface area contributed by atoms with E-state index in [4.69, 9.17) is 14.4 Å². The second-order valence-corrected chi connectivity index (χ2v) is 7.64. The number of primary sulfonamides is 1. The molecule has 10 heteroatoms. The minimum atomic E-state index is -3.69. The van der Waals surface area contributed by atoms with Gasteiger partial charge >= 0.3 is 11.3 Å². The standard InChI is InChI=1S/C18H20N4O5S/c1-26-15-6-4-14(5-7-15)22-17(18(23)27-21-22)12-20-11-10-13-2-8-16(9-3-13)28(19,24)25/h2-9,20H,10-12H2,1H3,(H2-,19,21,23,24,25)/p+1. The first-order chi connectivity index (χ1) is 13.4. The molecule has 28 heavy (non-hydrogen) atoms. The van der Waals surface area contributed by atoms with E-state index in [9.17, 15) is 13.2 Å². The van der Waals surface area contributed by atoms with Gasteiger partial charge in [-0.05, 0) is 52.7 Å². The van der Waals surface area contributed by atoms with E-state index in [2.05, 4.69) is 10.6 Å². The Labute approximate surface area is 161 Å². The molecule has 0 amide bonds. The molecule has 0 atom stereocenters. The lowest BCUT2D eigenvalue weighted by molar-refractivity contribution is -0.677. The Hall–Kier alpha value is -2.95. The molecule has 0 saturated carbocycles. The van der Waals surface area contributed by atoms with E-state index in [1.54, 1.807) is 48.2 Å². The zero-order valence-corrected chi connectivity index (χ0v) is 16.0. The van der Waals surface area contributed by atoms with Gasteiger partial charge in [-0.15, -0.1) is 0 Å². The number of hydrogen-bond donors (Lipinski definition) is 3. The fraction of sp³-hybridized carbons (Fsp3) is 0.222. The van der Waals surface area contributed by atoms with Crippen molar-refractivity contribution in [3.63, 3.8) is 0 Å². The number of hydrogen-bond acceptors (Lipinski definition) is 6. The van der Waals surface area contributed by atoms with Crippen molar-refractivity contribution in [2.45, 2.75) is 17.9 Å². The zero-order chi connectivity index (χ0) is 20.1. The molecule has 0 aliphatic rings. The van der Waals surface area contributed by atoms with Gasteiger partial charge in [0.05, 0.1) is 18.6 Å². The third kappa shape index (κ3) is 4.66. The van der Waals surface area contributed by atoms with Crippen LogP contribution < -0.4 is 25.5 Å². The number of nitrogens with two attached hydrogens (primary N) is 1. The number of nitrogens with one attached hydrogen (secondary N) is 2. The molecule has 0 bridgehead atoms. The van der Waals surface area contributed by atoms with E-state index in [0.717, 1.165) is 11.3 Å². The summed E-state index contributed by atoms with van der Waals surface area (Å²) >= 11 is 0. The fourth-order valence-electron chi connectivity index (χ4n) is 2.67. The SMILES string of the molecule is COc1ccc(-[n+]2[nH]oc(=O)c2CNCCc2ccc(S(N)(=O)=O)cc2)cc1. The molecule has 2 aromatic carbocycles. The third-order valence-corrected chi connectivity index (χ3v) is 5.13. The van der Waals surface area contributed by atoms with Crippen LogP contribution in [0.4, 0.5) is 0 Å². The summed E-state index contributed by atoms with van der Waals surface area (Å²) in [7, 11) is -2.11. The average molecular weight is 405 g/mol. The fourth-order valence-corrected chi connectivity index (χ4v) is 3.18. The first kappa shape index (κ1) is 19.8. The van der Waals surface area contributed by atoms with Crippen molar-refractivity contribution in [1.29, 1.82) is 0 Å². The lowest BCUT2D eigenvalue weighted by Gasteiger charge is -2.04. The lowest BCUT2D eigenvalue weighted by Crippen LogP contribution is -2.41. The van der Waals surface area contributed by atoms with Crippen LogP contribution in [0.25, 0.3) is 5.69 Å². The molecule has 9 nitrogen and oxygen atoms in total. The Morgan fingerprint density at radius 2 is 1.82 bits per heavy atom. The summed E-state index contributed by atoms with van der Waals surface area (Å²) in [5, 5.41) is 10.9. The van der Waals surface area contributed by atoms with E-state index in [1.165, 1.54) is 12.1 Å². The molecule has 0 aliphatic carbocycles. The van der Waals surface area contributed by atoms with Crippen molar-refractivity contribution in [3.8, 4) is 11.4 Å². The first-order valence-corrected chi connectivity index (χ1v) is 10.0. The average Bonchev–Trinajstić information content (AvgIpc) is 3.05. The Morgan fingerprint density at radius 3 is 2.43 bits per heavy atom. The summed E-state index contributed by atoms with van der Waals surface area (Å²) in [6, 6.07) is 13.6. The Morgan fingerprint density at radius 1 is 1.14 bits per heavy atom. The van der Waals surface area contributed by atoms with Crippen LogP contribution in [0, 0.1) is 0 Å². The molecule has 0 aliphatic heterocycles. The van der Waals surface area contributed by atoms with Crippen LogP contribution in [0.5, 0.6) is 5.75 Å². The number of benzene rings is 2. The minimum absolute atomic E-state index is 0.0784. The Balaban J connectivity index is 1.61. The molecule has 3 aromatic rings. The van der Waals surface area contributed by atoms with Gasteiger partial charge in [-0.3, -0.25) is 4.52 Å². The number of aromatic amines is 1.